The molecule has 1 rings (SSSR count). The van der Waals surface area contributed by atoms with Crippen LogP contribution in [0.2, 0.25) is 10.0 Å². The summed E-state index contributed by atoms with van der Waals surface area (Å²) in [5, 5.41) is 4.09. The molecule has 0 bridgehead atoms. The van der Waals surface area contributed by atoms with Gasteiger partial charge in [0.25, 0.3) is 0 Å². The summed E-state index contributed by atoms with van der Waals surface area (Å²) < 4.78 is 0. The molecule has 0 spiro atoms. The SMILES string of the molecule is CN(C)CCNC(=O)CCc1c(Cl)cccc1Cl. The first-order valence-electron chi connectivity index (χ1n) is 5.85. The molecule has 0 atom stereocenters. The Kier molecular flexibility index (Phi) is 6.47. The maximum atomic E-state index is 11.6. The lowest BCUT2D eigenvalue weighted by Crippen LogP contribution is -2.31. The van der Waals surface area contributed by atoms with E-state index in [4.69, 9.17) is 23.2 Å². The van der Waals surface area contributed by atoms with Gasteiger partial charge in [0.05, 0.1) is 0 Å². The van der Waals surface area contributed by atoms with E-state index in [-0.39, 0.29) is 5.91 Å². The number of halogens is 2. The highest BCUT2D eigenvalue weighted by Crippen LogP contribution is 2.25. The van der Waals surface area contributed by atoms with Crippen LogP contribution in [0, 0.1) is 0 Å². The summed E-state index contributed by atoms with van der Waals surface area (Å²) in [6.45, 7) is 1.49. The van der Waals surface area contributed by atoms with Crippen LogP contribution in [0.5, 0.6) is 0 Å². The number of likely N-dealkylation sites (N-methyl/N-ethyl adjacent to an activating group) is 1. The van der Waals surface area contributed by atoms with Crippen molar-refractivity contribution in [1.29, 1.82) is 0 Å². The minimum absolute atomic E-state index is 0.0211. The van der Waals surface area contributed by atoms with Crippen LogP contribution in [0.1, 0.15) is 12.0 Å². The van der Waals surface area contributed by atoms with Crippen LogP contribution >= 0.6 is 23.2 Å². The smallest absolute Gasteiger partial charge is 0.220 e. The number of carbonyl (C=O) groups is 1. The fourth-order valence-corrected chi connectivity index (χ4v) is 2.10. The average Bonchev–Trinajstić information content (AvgIpc) is 2.27. The summed E-state index contributed by atoms with van der Waals surface area (Å²) in [4.78, 5) is 13.6. The lowest BCUT2D eigenvalue weighted by Gasteiger charge is -2.11. The van der Waals surface area contributed by atoms with E-state index < -0.39 is 0 Å². The molecular weight excluding hydrogens is 271 g/mol. The molecule has 0 aromatic heterocycles. The summed E-state index contributed by atoms with van der Waals surface area (Å²) in [5.41, 5.74) is 0.837. The number of hydrogen-bond acceptors (Lipinski definition) is 2. The molecule has 1 amide bonds. The minimum atomic E-state index is 0.0211. The largest absolute Gasteiger partial charge is 0.355 e. The Morgan fingerprint density at radius 1 is 1.28 bits per heavy atom. The zero-order valence-corrected chi connectivity index (χ0v) is 12.2. The van der Waals surface area contributed by atoms with Crippen molar-refractivity contribution in [3.63, 3.8) is 0 Å². The van der Waals surface area contributed by atoms with Crippen LogP contribution in [0.4, 0.5) is 0 Å². The van der Waals surface area contributed by atoms with Crippen molar-refractivity contribution >= 4 is 29.1 Å². The molecule has 0 radical (unpaired) electrons. The van der Waals surface area contributed by atoms with Crippen molar-refractivity contribution in [1.82, 2.24) is 10.2 Å². The van der Waals surface area contributed by atoms with Crippen LogP contribution in [0.15, 0.2) is 18.2 Å². The van der Waals surface area contributed by atoms with E-state index in [2.05, 4.69) is 5.32 Å². The van der Waals surface area contributed by atoms with Gasteiger partial charge in [0.15, 0.2) is 0 Å². The zero-order chi connectivity index (χ0) is 13.5. The van der Waals surface area contributed by atoms with Gasteiger partial charge in [-0.25, -0.2) is 0 Å². The second-order valence-electron chi connectivity index (χ2n) is 4.35. The topological polar surface area (TPSA) is 32.3 Å². The van der Waals surface area contributed by atoms with Crippen molar-refractivity contribution in [2.75, 3.05) is 27.2 Å². The Bertz CT molecular complexity index is 388. The van der Waals surface area contributed by atoms with E-state index in [1.807, 2.05) is 19.0 Å². The Morgan fingerprint density at radius 3 is 2.44 bits per heavy atom. The molecule has 0 aliphatic carbocycles. The molecule has 0 unspecified atom stereocenters. The van der Waals surface area contributed by atoms with Crippen molar-refractivity contribution in [3.8, 4) is 0 Å². The monoisotopic (exact) mass is 288 g/mol. The molecule has 0 fully saturated rings. The van der Waals surface area contributed by atoms with Gasteiger partial charge < -0.3 is 10.2 Å². The molecule has 0 aliphatic heterocycles. The Morgan fingerprint density at radius 2 is 1.89 bits per heavy atom. The van der Waals surface area contributed by atoms with Crippen LogP contribution in [0.25, 0.3) is 0 Å². The zero-order valence-electron chi connectivity index (χ0n) is 10.7. The highest BCUT2D eigenvalue weighted by Gasteiger charge is 2.08. The summed E-state index contributed by atoms with van der Waals surface area (Å²) in [6, 6.07) is 5.37. The maximum Gasteiger partial charge on any atom is 0.220 e. The second kappa shape index (κ2) is 7.62. The average molecular weight is 289 g/mol. The van der Waals surface area contributed by atoms with Gasteiger partial charge in [0.1, 0.15) is 0 Å². The van der Waals surface area contributed by atoms with Crippen LogP contribution in [-0.4, -0.2) is 38.0 Å². The van der Waals surface area contributed by atoms with Gasteiger partial charge in [-0.2, -0.15) is 0 Å². The third-order valence-corrected chi connectivity index (χ3v) is 3.25. The number of nitrogens with zero attached hydrogens (tertiary/aromatic N) is 1. The van der Waals surface area contributed by atoms with Gasteiger partial charge in [-0.15, -0.1) is 0 Å². The number of amides is 1. The van der Waals surface area contributed by atoms with E-state index in [9.17, 15) is 4.79 Å². The third-order valence-electron chi connectivity index (χ3n) is 2.54. The lowest BCUT2D eigenvalue weighted by molar-refractivity contribution is -0.121. The standard InChI is InChI=1S/C13H18Cl2N2O/c1-17(2)9-8-16-13(18)7-6-10-11(14)4-3-5-12(10)15/h3-5H,6-9H2,1-2H3,(H,16,18). The number of rotatable bonds is 6. The fraction of sp³-hybridized carbons (Fsp3) is 0.462. The van der Waals surface area contributed by atoms with Gasteiger partial charge in [-0.3, -0.25) is 4.79 Å². The van der Waals surface area contributed by atoms with Crippen LogP contribution in [-0.2, 0) is 11.2 Å². The number of nitrogens with one attached hydrogen (secondary N) is 1. The van der Waals surface area contributed by atoms with E-state index in [0.29, 0.717) is 29.4 Å². The normalized spacial score (nSPS) is 10.7. The minimum Gasteiger partial charge on any atom is -0.355 e. The molecule has 1 N–H and O–H groups in total. The first-order chi connectivity index (χ1) is 8.50. The lowest BCUT2D eigenvalue weighted by atomic mass is 10.1. The predicted octanol–water partition coefficient (Wildman–Crippen LogP) is 2.60. The van der Waals surface area contributed by atoms with E-state index in [1.165, 1.54) is 0 Å². The van der Waals surface area contributed by atoms with Gasteiger partial charge in [-0.1, -0.05) is 29.3 Å². The molecule has 3 nitrogen and oxygen atoms in total. The highest BCUT2D eigenvalue weighted by atomic mass is 35.5. The quantitative estimate of drug-likeness (QED) is 0.873. The molecule has 100 valence electrons. The Labute approximate surface area is 118 Å². The van der Waals surface area contributed by atoms with Gasteiger partial charge in [-0.05, 0) is 38.2 Å². The maximum absolute atomic E-state index is 11.6. The molecular formula is C13H18Cl2N2O. The Hall–Kier alpha value is -0.770. The van der Waals surface area contributed by atoms with Crippen LogP contribution < -0.4 is 5.32 Å². The molecule has 0 saturated carbocycles. The molecule has 1 aromatic rings. The van der Waals surface area contributed by atoms with Crippen LogP contribution in [0.3, 0.4) is 0 Å². The van der Waals surface area contributed by atoms with Gasteiger partial charge >= 0.3 is 0 Å². The first kappa shape index (κ1) is 15.3. The molecule has 1 aromatic carbocycles. The molecule has 0 saturated heterocycles. The van der Waals surface area contributed by atoms with E-state index in [1.54, 1.807) is 18.2 Å². The number of benzene rings is 1. The van der Waals surface area contributed by atoms with E-state index >= 15 is 0 Å². The number of carbonyl (C=O) groups excluding carboxylic acids is 1. The molecule has 18 heavy (non-hydrogen) atoms. The summed E-state index contributed by atoms with van der Waals surface area (Å²) in [6.07, 6.45) is 0.961. The first-order valence-corrected chi connectivity index (χ1v) is 6.60. The number of hydrogen-bond donors (Lipinski definition) is 1. The summed E-state index contributed by atoms with van der Waals surface area (Å²) in [7, 11) is 3.94. The van der Waals surface area contributed by atoms with Crippen molar-refractivity contribution in [3.05, 3.63) is 33.8 Å². The van der Waals surface area contributed by atoms with Crippen molar-refractivity contribution in [2.45, 2.75) is 12.8 Å². The van der Waals surface area contributed by atoms with Crippen molar-refractivity contribution in [2.24, 2.45) is 0 Å². The summed E-state index contributed by atoms with van der Waals surface area (Å²) >= 11 is 12.1. The predicted molar refractivity (Wildman–Crippen MR) is 76.3 cm³/mol. The third kappa shape index (κ3) is 5.25. The molecule has 0 heterocycles. The highest BCUT2D eigenvalue weighted by molar-refractivity contribution is 6.36. The van der Waals surface area contributed by atoms with E-state index in [0.717, 1.165) is 12.1 Å². The summed E-state index contributed by atoms with van der Waals surface area (Å²) in [5.74, 6) is 0.0211. The van der Waals surface area contributed by atoms with Gasteiger partial charge in [0.2, 0.25) is 5.91 Å². The fourth-order valence-electron chi connectivity index (χ4n) is 1.52. The second-order valence-corrected chi connectivity index (χ2v) is 5.17. The molecule has 0 aliphatic rings. The van der Waals surface area contributed by atoms with Crippen molar-refractivity contribution < 1.29 is 4.79 Å². The van der Waals surface area contributed by atoms with Gasteiger partial charge in [0, 0.05) is 29.6 Å². The Balaban J connectivity index is 2.38. The molecule has 5 heteroatoms.